The molecule has 0 radical (unpaired) electrons. The Hall–Kier alpha value is -3.73. The third-order valence-corrected chi connectivity index (χ3v) is 6.61. The second-order valence-corrected chi connectivity index (χ2v) is 8.66. The Balaban J connectivity index is 1.65. The Morgan fingerprint density at radius 2 is 1.64 bits per heavy atom. The van der Waals surface area contributed by atoms with Crippen LogP contribution in [0, 0.1) is 12.8 Å². The molecule has 33 heavy (non-hydrogen) atoms. The van der Waals surface area contributed by atoms with Gasteiger partial charge in [0.25, 0.3) is 0 Å². The van der Waals surface area contributed by atoms with Gasteiger partial charge in [-0.05, 0) is 30.7 Å². The lowest BCUT2D eigenvalue weighted by atomic mass is 9.76. The number of benzene rings is 3. The van der Waals surface area contributed by atoms with Crippen molar-refractivity contribution < 1.29 is 14.3 Å². The number of hydrogen-bond donors (Lipinski definition) is 2. The first-order chi connectivity index (χ1) is 16.1. The summed E-state index contributed by atoms with van der Waals surface area (Å²) in [4.78, 5) is 13.7. The number of ether oxygens (including phenoxy) is 2. The first kappa shape index (κ1) is 21.1. The van der Waals surface area contributed by atoms with Crippen molar-refractivity contribution in [1.29, 1.82) is 0 Å². The fraction of sp³-hybridized carbons (Fsp3) is 0.250. The zero-order valence-corrected chi connectivity index (χ0v) is 19.1. The molecule has 0 saturated heterocycles. The van der Waals surface area contributed by atoms with Gasteiger partial charge in [0.1, 0.15) is 5.78 Å². The first-order valence-corrected chi connectivity index (χ1v) is 11.2. The highest BCUT2D eigenvalue weighted by molar-refractivity contribution is 5.90. The van der Waals surface area contributed by atoms with Crippen molar-refractivity contribution in [3.05, 3.63) is 95.2 Å². The molecule has 2 aliphatic rings. The van der Waals surface area contributed by atoms with E-state index in [9.17, 15) is 4.79 Å². The molecule has 2 N–H and O–H groups in total. The molecule has 0 amide bonds. The molecule has 0 aromatic heterocycles. The van der Waals surface area contributed by atoms with Crippen LogP contribution in [0.5, 0.6) is 11.5 Å². The molecule has 5 rings (SSSR count). The van der Waals surface area contributed by atoms with E-state index in [0.29, 0.717) is 17.9 Å². The van der Waals surface area contributed by atoms with Gasteiger partial charge in [-0.2, -0.15) is 0 Å². The summed E-state index contributed by atoms with van der Waals surface area (Å²) in [6.07, 6.45) is 2.68. The number of ketones is 1. The molecule has 168 valence electrons. The molecule has 0 bridgehead atoms. The summed E-state index contributed by atoms with van der Waals surface area (Å²) in [6.45, 7) is 2.08. The predicted octanol–water partition coefficient (Wildman–Crippen LogP) is 5.85. The van der Waals surface area contributed by atoms with Crippen molar-refractivity contribution in [3.63, 3.8) is 0 Å². The number of carbonyl (C=O) groups is 1. The normalized spacial score (nSPS) is 21.5. The van der Waals surface area contributed by atoms with Gasteiger partial charge in [0.05, 0.1) is 37.6 Å². The number of allylic oxidation sites excluding steroid dienone is 1. The van der Waals surface area contributed by atoms with Gasteiger partial charge in [-0.1, -0.05) is 60.2 Å². The number of nitrogens with one attached hydrogen (secondary N) is 2. The standard InChI is InChI=1S/C28H28N2O3/c1-17-11-13-18(14-12-17)19-15-23-26(24(31)16-19)27(30-22-9-5-4-8-21(22)29-23)20-7-6-10-25(32-2)28(20)33-3/h4-15,19,26-27,29-30H,16H2,1-3H3. The number of fused-ring (bicyclic) bond motifs is 2. The highest BCUT2D eigenvalue weighted by Gasteiger charge is 2.41. The van der Waals surface area contributed by atoms with Crippen molar-refractivity contribution >= 4 is 17.2 Å². The van der Waals surface area contributed by atoms with Crippen LogP contribution in [0.4, 0.5) is 11.4 Å². The van der Waals surface area contributed by atoms with Gasteiger partial charge in [0.15, 0.2) is 11.5 Å². The average Bonchev–Trinajstić information content (AvgIpc) is 3.00. The van der Waals surface area contributed by atoms with Crippen LogP contribution in [0.3, 0.4) is 0 Å². The van der Waals surface area contributed by atoms with Crippen LogP contribution in [0.25, 0.3) is 0 Å². The summed E-state index contributed by atoms with van der Waals surface area (Å²) >= 11 is 0. The fourth-order valence-corrected chi connectivity index (χ4v) is 4.95. The van der Waals surface area contributed by atoms with Crippen molar-refractivity contribution in [2.75, 3.05) is 24.9 Å². The number of methoxy groups -OCH3 is 2. The van der Waals surface area contributed by atoms with Gasteiger partial charge >= 0.3 is 0 Å². The van der Waals surface area contributed by atoms with Crippen molar-refractivity contribution in [2.24, 2.45) is 5.92 Å². The lowest BCUT2D eigenvalue weighted by Crippen LogP contribution is -2.34. The molecule has 0 saturated carbocycles. The fourth-order valence-electron chi connectivity index (χ4n) is 4.95. The number of rotatable bonds is 4. The predicted molar refractivity (Wildman–Crippen MR) is 131 cm³/mol. The maximum atomic E-state index is 13.7. The maximum absolute atomic E-state index is 13.7. The van der Waals surface area contributed by atoms with E-state index in [-0.39, 0.29) is 23.7 Å². The van der Waals surface area contributed by atoms with Crippen LogP contribution < -0.4 is 20.1 Å². The molecule has 3 unspecified atom stereocenters. The molecule has 3 aromatic rings. The Kier molecular flexibility index (Phi) is 5.55. The largest absolute Gasteiger partial charge is 0.493 e. The summed E-state index contributed by atoms with van der Waals surface area (Å²) in [5, 5.41) is 7.21. The minimum atomic E-state index is -0.375. The van der Waals surface area contributed by atoms with Gasteiger partial charge < -0.3 is 20.1 Å². The number of aryl methyl sites for hydroxylation is 1. The number of anilines is 2. The van der Waals surface area contributed by atoms with Crippen LogP contribution in [0.2, 0.25) is 0 Å². The van der Waals surface area contributed by atoms with Gasteiger partial charge in [-0.25, -0.2) is 0 Å². The van der Waals surface area contributed by atoms with E-state index in [2.05, 4.69) is 47.9 Å². The Morgan fingerprint density at radius 3 is 2.36 bits per heavy atom. The zero-order chi connectivity index (χ0) is 22.9. The molecule has 1 heterocycles. The molecule has 0 fully saturated rings. The number of para-hydroxylation sites is 3. The van der Waals surface area contributed by atoms with E-state index in [1.165, 1.54) is 5.56 Å². The van der Waals surface area contributed by atoms with Crippen LogP contribution in [0.1, 0.15) is 35.1 Å². The molecule has 3 atom stereocenters. The maximum Gasteiger partial charge on any atom is 0.166 e. The van der Waals surface area contributed by atoms with E-state index in [1.54, 1.807) is 14.2 Å². The van der Waals surface area contributed by atoms with Crippen molar-refractivity contribution in [3.8, 4) is 11.5 Å². The summed E-state index contributed by atoms with van der Waals surface area (Å²) in [7, 11) is 3.26. The minimum Gasteiger partial charge on any atom is -0.493 e. The van der Waals surface area contributed by atoms with Crippen LogP contribution >= 0.6 is 0 Å². The lowest BCUT2D eigenvalue weighted by Gasteiger charge is -2.33. The van der Waals surface area contributed by atoms with E-state index in [4.69, 9.17) is 9.47 Å². The first-order valence-electron chi connectivity index (χ1n) is 11.2. The number of hydrogen-bond acceptors (Lipinski definition) is 5. The van der Waals surface area contributed by atoms with Gasteiger partial charge in [-0.15, -0.1) is 0 Å². The Bertz CT molecular complexity index is 1220. The summed E-state index contributed by atoms with van der Waals surface area (Å²) < 4.78 is 11.3. The van der Waals surface area contributed by atoms with Crippen LogP contribution in [-0.4, -0.2) is 20.0 Å². The summed E-state index contributed by atoms with van der Waals surface area (Å²) in [5.74, 6) is 1.15. The van der Waals surface area contributed by atoms with Crippen molar-refractivity contribution in [1.82, 2.24) is 0 Å². The highest BCUT2D eigenvalue weighted by Crippen LogP contribution is 2.47. The lowest BCUT2D eigenvalue weighted by molar-refractivity contribution is -0.122. The molecule has 3 aromatic carbocycles. The third-order valence-electron chi connectivity index (χ3n) is 6.61. The van der Waals surface area contributed by atoms with E-state index < -0.39 is 0 Å². The third kappa shape index (κ3) is 3.84. The van der Waals surface area contributed by atoms with E-state index >= 15 is 0 Å². The minimum absolute atomic E-state index is 0.0370. The average molecular weight is 441 g/mol. The molecule has 1 aliphatic heterocycles. The summed E-state index contributed by atoms with van der Waals surface area (Å²) in [5.41, 5.74) is 6.08. The smallest absolute Gasteiger partial charge is 0.166 e. The Labute approximate surface area is 194 Å². The Morgan fingerprint density at radius 1 is 0.879 bits per heavy atom. The van der Waals surface area contributed by atoms with E-state index in [0.717, 1.165) is 28.2 Å². The van der Waals surface area contributed by atoms with Gasteiger partial charge in [-0.3, -0.25) is 4.79 Å². The van der Waals surface area contributed by atoms with E-state index in [1.807, 2.05) is 42.5 Å². The van der Waals surface area contributed by atoms with Gasteiger partial charge in [0, 0.05) is 23.6 Å². The topological polar surface area (TPSA) is 59.6 Å². The molecule has 1 aliphatic carbocycles. The molecule has 5 heteroatoms. The monoisotopic (exact) mass is 440 g/mol. The molecular weight excluding hydrogens is 412 g/mol. The summed E-state index contributed by atoms with van der Waals surface area (Å²) in [6, 6.07) is 22.0. The highest BCUT2D eigenvalue weighted by atomic mass is 16.5. The molecule has 5 nitrogen and oxygen atoms in total. The van der Waals surface area contributed by atoms with Crippen LogP contribution in [0.15, 0.2) is 78.5 Å². The quantitative estimate of drug-likeness (QED) is 0.533. The second-order valence-electron chi connectivity index (χ2n) is 8.66. The van der Waals surface area contributed by atoms with Crippen molar-refractivity contribution in [2.45, 2.75) is 25.3 Å². The second kappa shape index (κ2) is 8.66. The number of carbonyl (C=O) groups excluding carboxylic acids is 1. The molecule has 0 spiro atoms. The van der Waals surface area contributed by atoms with Gasteiger partial charge in [0.2, 0.25) is 0 Å². The van der Waals surface area contributed by atoms with Crippen LogP contribution in [-0.2, 0) is 4.79 Å². The number of Topliss-reactive ketones (excluding diaryl/α,β-unsaturated/α-hetero) is 1. The SMILES string of the molecule is COc1cccc(C2Nc3ccccc3NC3=CC(c4ccc(C)cc4)CC(=O)C32)c1OC. The molecular formula is C28H28N2O3. The zero-order valence-electron chi connectivity index (χ0n) is 19.1.